The third-order valence-corrected chi connectivity index (χ3v) is 5.86. The summed E-state index contributed by atoms with van der Waals surface area (Å²) in [6, 6.07) is 8.35. The lowest BCUT2D eigenvalue weighted by atomic mass is 9.74. The lowest BCUT2D eigenvalue weighted by Crippen LogP contribution is -2.42. The van der Waals surface area contributed by atoms with E-state index in [9.17, 15) is 9.90 Å². The summed E-state index contributed by atoms with van der Waals surface area (Å²) in [7, 11) is 1.95. The number of aliphatic hydroxyl groups is 1. The zero-order valence-electron chi connectivity index (χ0n) is 12.9. The van der Waals surface area contributed by atoms with Crippen molar-refractivity contribution in [1.82, 2.24) is 10.2 Å². The number of hydrogen-bond donors (Lipinski definition) is 2. The van der Waals surface area contributed by atoms with Crippen molar-refractivity contribution in [3.8, 4) is 0 Å². The molecule has 1 unspecified atom stereocenters. The van der Waals surface area contributed by atoms with Crippen LogP contribution < -0.4 is 5.32 Å². The Morgan fingerprint density at radius 1 is 1.36 bits per heavy atom. The smallest absolute Gasteiger partial charge is 0.150 e. The van der Waals surface area contributed by atoms with Gasteiger partial charge in [-0.1, -0.05) is 43.3 Å². The molecule has 7 atom stereocenters. The van der Waals surface area contributed by atoms with Crippen LogP contribution in [0.4, 0.5) is 0 Å². The quantitative estimate of drug-likeness (QED) is 0.490. The molecule has 4 bridgehead atoms. The summed E-state index contributed by atoms with van der Waals surface area (Å²) in [5.41, 5.74) is 1.29. The molecule has 1 aromatic carbocycles. The maximum atomic E-state index is 11.0. The Kier molecular flexibility index (Phi) is 3.05. The van der Waals surface area contributed by atoms with Crippen LogP contribution in [-0.2, 0) is 0 Å². The maximum Gasteiger partial charge on any atom is 0.150 e. The van der Waals surface area contributed by atoms with E-state index >= 15 is 0 Å². The molecule has 4 aliphatic rings. The minimum atomic E-state index is -0.649. The second-order valence-corrected chi connectivity index (χ2v) is 6.83. The molecule has 3 aliphatic heterocycles. The van der Waals surface area contributed by atoms with E-state index in [-0.39, 0.29) is 12.0 Å². The van der Waals surface area contributed by atoms with Gasteiger partial charge in [-0.25, -0.2) is 0 Å². The molecule has 0 spiro atoms. The second-order valence-electron chi connectivity index (χ2n) is 6.83. The lowest BCUT2D eigenvalue weighted by molar-refractivity contribution is 0.0532. The fourth-order valence-electron chi connectivity index (χ4n) is 4.75. The van der Waals surface area contributed by atoms with E-state index in [0.717, 1.165) is 12.8 Å². The fraction of sp³-hybridized carbons (Fsp3) is 0.500. The first-order valence-electron chi connectivity index (χ1n) is 8.01. The first-order chi connectivity index (χ1) is 10.6. The third kappa shape index (κ3) is 1.66. The van der Waals surface area contributed by atoms with Crippen molar-refractivity contribution in [3.63, 3.8) is 0 Å². The Morgan fingerprint density at radius 3 is 2.73 bits per heavy atom. The highest BCUT2D eigenvalue weighted by Gasteiger charge is 2.76. The van der Waals surface area contributed by atoms with E-state index in [2.05, 4.69) is 29.3 Å². The summed E-state index contributed by atoms with van der Waals surface area (Å²) in [5, 5.41) is 14.2. The third-order valence-electron chi connectivity index (χ3n) is 5.86. The van der Waals surface area contributed by atoms with Gasteiger partial charge in [-0.05, 0) is 18.5 Å². The molecule has 3 heterocycles. The van der Waals surface area contributed by atoms with E-state index in [1.165, 1.54) is 5.56 Å². The first-order valence-corrected chi connectivity index (χ1v) is 8.01. The van der Waals surface area contributed by atoms with Crippen LogP contribution >= 0.6 is 0 Å². The van der Waals surface area contributed by atoms with Crippen LogP contribution in [0.25, 0.3) is 0 Å². The number of benzene rings is 1. The van der Waals surface area contributed by atoms with Crippen LogP contribution in [-0.4, -0.2) is 47.7 Å². The standard InChI is InChI=1S/C18H22N2O2/c1-11(13-5-3-12(10-21)4-6-13)17-14-7-8-16-18(22,20(16)17)15(14)9-19-2/h3-8,10-11,14-17,19,22H,9H2,1-2H3/t11-,14-,15+,16+,17+,18+,20?/m1/s1. The monoisotopic (exact) mass is 298 g/mol. The summed E-state index contributed by atoms with van der Waals surface area (Å²) in [6.07, 6.45) is 5.34. The topological polar surface area (TPSA) is 52.3 Å². The van der Waals surface area contributed by atoms with E-state index in [1.807, 2.05) is 31.3 Å². The number of hydrogen-bond acceptors (Lipinski definition) is 4. The number of piperidine rings is 1. The molecule has 116 valence electrons. The van der Waals surface area contributed by atoms with Crippen LogP contribution in [0, 0.1) is 11.8 Å². The van der Waals surface area contributed by atoms with Gasteiger partial charge in [-0.15, -0.1) is 0 Å². The Bertz CT molecular complexity index is 626. The molecule has 22 heavy (non-hydrogen) atoms. The van der Waals surface area contributed by atoms with Gasteiger partial charge in [-0.2, -0.15) is 0 Å². The van der Waals surface area contributed by atoms with E-state index < -0.39 is 5.72 Å². The van der Waals surface area contributed by atoms with Crippen LogP contribution in [0.1, 0.15) is 28.8 Å². The molecule has 2 N–H and O–H groups in total. The zero-order chi connectivity index (χ0) is 15.5. The maximum absolute atomic E-state index is 11.0. The molecule has 4 nitrogen and oxygen atoms in total. The van der Waals surface area contributed by atoms with Gasteiger partial charge in [0.15, 0.2) is 0 Å². The Hall–Kier alpha value is -1.49. The first kappa shape index (κ1) is 14.1. The predicted octanol–water partition coefficient (Wildman–Crippen LogP) is 1.38. The van der Waals surface area contributed by atoms with Crippen molar-refractivity contribution < 1.29 is 9.90 Å². The molecule has 0 radical (unpaired) electrons. The SMILES string of the molecule is CNC[C@H]1[C@H]2C=C[C@@H]3N([C@H]2[C@H](C)c2ccc(C=O)cc2)[C@@]31O. The van der Waals surface area contributed by atoms with Crippen molar-refractivity contribution in [2.45, 2.75) is 30.7 Å². The normalized spacial score (nSPS) is 42.2. The van der Waals surface area contributed by atoms with Crippen molar-refractivity contribution in [1.29, 1.82) is 0 Å². The van der Waals surface area contributed by atoms with Gasteiger partial charge in [0.2, 0.25) is 0 Å². The van der Waals surface area contributed by atoms with E-state index in [4.69, 9.17) is 0 Å². The predicted molar refractivity (Wildman–Crippen MR) is 84.7 cm³/mol. The number of aldehydes is 1. The van der Waals surface area contributed by atoms with Gasteiger partial charge in [0.1, 0.15) is 12.0 Å². The zero-order valence-corrected chi connectivity index (χ0v) is 12.9. The highest BCUT2D eigenvalue weighted by Crippen LogP contribution is 2.63. The molecule has 0 amide bonds. The van der Waals surface area contributed by atoms with Crippen LogP contribution in [0.15, 0.2) is 36.4 Å². The molecule has 2 saturated heterocycles. The van der Waals surface area contributed by atoms with Crippen molar-refractivity contribution in [2.75, 3.05) is 13.6 Å². The minimum absolute atomic E-state index is 0.178. The van der Waals surface area contributed by atoms with Gasteiger partial charge in [-0.3, -0.25) is 9.69 Å². The van der Waals surface area contributed by atoms with E-state index in [1.54, 1.807) is 0 Å². The fourth-order valence-corrected chi connectivity index (χ4v) is 4.75. The highest BCUT2D eigenvalue weighted by molar-refractivity contribution is 5.74. The molecular formula is C18H22N2O2. The number of nitrogens with one attached hydrogen (secondary N) is 1. The Balaban J connectivity index is 1.63. The van der Waals surface area contributed by atoms with Crippen molar-refractivity contribution in [3.05, 3.63) is 47.5 Å². The number of nitrogens with zero attached hydrogens (tertiary/aromatic N) is 1. The molecule has 0 aromatic heterocycles. The number of carbonyl (C=O) groups is 1. The number of carbonyl (C=O) groups excluding carboxylic acids is 1. The van der Waals surface area contributed by atoms with Gasteiger partial charge < -0.3 is 10.4 Å². The van der Waals surface area contributed by atoms with Gasteiger partial charge in [0, 0.05) is 30.0 Å². The van der Waals surface area contributed by atoms with Crippen LogP contribution in [0.5, 0.6) is 0 Å². The van der Waals surface area contributed by atoms with E-state index in [0.29, 0.717) is 23.4 Å². The van der Waals surface area contributed by atoms with Crippen LogP contribution in [0.2, 0.25) is 0 Å². The molecule has 0 saturated carbocycles. The largest absolute Gasteiger partial charge is 0.373 e. The number of rotatable bonds is 5. The summed E-state index contributed by atoms with van der Waals surface area (Å²) in [4.78, 5) is 13.1. The molecule has 1 aromatic rings. The Morgan fingerprint density at radius 2 is 2.09 bits per heavy atom. The van der Waals surface area contributed by atoms with Crippen LogP contribution in [0.3, 0.4) is 0 Å². The Labute approximate surface area is 130 Å². The summed E-state index contributed by atoms with van der Waals surface area (Å²) < 4.78 is 0. The highest BCUT2D eigenvalue weighted by atomic mass is 16.3. The van der Waals surface area contributed by atoms with Gasteiger partial charge in [0.25, 0.3) is 0 Å². The lowest BCUT2D eigenvalue weighted by Gasteiger charge is -2.34. The molecule has 1 aliphatic carbocycles. The molecule has 2 fully saturated rings. The average molecular weight is 298 g/mol. The second kappa shape index (κ2) is 4.75. The molecule has 5 rings (SSSR count). The summed E-state index contributed by atoms with van der Waals surface area (Å²) in [5.74, 6) is 0.964. The summed E-state index contributed by atoms with van der Waals surface area (Å²) >= 11 is 0. The van der Waals surface area contributed by atoms with Crippen molar-refractivity contribution >= 4 is 6.29 Å². The van der Waals surface area contributed by atoms with Crippen molar-refractivity contribution in [2.24, 2.45) is 11.8 Å². The summed E-state index contributed by atoms with van der Waals surface area (Å²) in [6.45, 7) is 3.07. The minimum Gasteiger partial charge on any atom is -0.373 e. The van der Waals surface area contributed by atoms with Gasteiger partial charge >= 0.3 is 0 Å². The molecule has 4 heteroatoms. The average Bonchev–Trinajstić information content (AvgIpc) is 3.12. The van der Waals surface area contributed by atoms with Gasteiger partial charge in [0.05, 0.1) is 6.04 Å². The molecular weight excluding hydrogens is 276 g/mol.